The third kappa shape index (κ3) is 4.68. The molecular formula is C20H21F3N4O2. The second kappa shape index (κ2) is 8.52. The van der Waals surface area contributed by atoms with Crippen molar-refractivity contribution in [1.29, 1.82) is 0 Å². The highest BCUT2D eigenvalue weighted by Gasteiger charge is 2.34. The Morgan fingerprint density at radius 1 is 1.07 bits per heavy atom. The van der Waals surface area contributed by atoms with Gasteiger partial charge >= 0.3 is 6.18 Å². The highest BCUT2D eigenvalue weighted by Crippen LogP contribution is 2.32. The Balaban J connectivity index is 1.98. The number of rotatable bonds is 7. The van der Waals surface area contributed by atoms with E-state index >= 15 is 0 Å². The lowest BCUT2D eigenvalue weighted by Gasteiger charge is -2.21. The van der Waals surface area contributed by atoms with E-state index in [0.717, 1.165) is 11.6 Å². The van der Waals surface area contributed by atoms with Crippen molar-refractivity contribution in [3.05, 3.63) is 71.6 Å². The third-order valence-corrected chi connectivity index (χ3v) is 4.49. The Kier molecular flexibility index (Phi) is 6.07. The van der Waals surface area contributed by atoms with E-state index in [1.165, 1.54) is 26.5 Å². The first-order valence-corrected chi connectivity index (χ1v) is 8.78. The molecule has 1 N–H and O–H groups in total. The van der Waals surface area contributed by atoms with Gasteiger partial charge in [0.1, 0.15) is 17.3 Å². The summed E-state index contributed by atoms with van der Waals surface area (Å²) in [6.07, 6.45) is 0.256. The summed E-state index contributed by atoms with van der Waals surface area (Å²) >= 11 is 0. The second-order valence-corrected chi connectivity index (χ2v) is 6.35. The maximum absolute atomic E-state index is 13.3. The Labute approximate surface area is 166 Å². The SMILES string of the molecule is COc1cc(OC)cc(C(NCc2ncccc2C(F)(F)F)c2nccn2C)c1. The fourth-order valence-corrected chi connectivity index (χ4v) is 3.05. The smallest absolute Gasteiger partial charge is 0.418 e. The lowest BCUT2D eigenvalue weighted by atomic mass is 10.0. The number of nitrogens with one attached hydrogen (secondary N) is 1. The molecule has 2 aromatic heterocycles. The molecule has 1 aromatic carbocycles. The van der Waals surface area contributed by atoms with E-state index in [1.807, 2.05) is 7.05 Å². The average molecular weight is 406 g/mol. The van der Waals surface area contributed by atoms with Crippen LogP contribution in [0, 0.1) is 0 Å². The van der Waals surface area contributed by atoms with Crippen molar-refractivity contribution in [1.82, 2.24) is 19.9 Å². The van der Waals surface area contributed by atoms with Crippen molar-refractivity contribution in [3.8, 4) is 11.5 Å². The third-order valence-electron chi connectivity index (χ3n) is 4.49. The van der Waals surface area contributed by atoms with Crippen LogP contribution in [0.4, 0.5) is 13.2 Å². The highest BCUT2D eigenvalue weighted by molar-refractivity contribution is 5.41. The fourth-order valence-electron chi connectivity index (χ4n) is 3.05. The zero-order valence-electron chi connectivity index (χ0n) is 16.2. The van der Waals surface area contributed by atoms with Gasteiger partial charge in [-0.25, -0.2) is 4.98 Å². The number of ether oxygens (including phenoxy) is 2. The maximum atomic E-state index is 13.3. The summed E-state index contributed by atoms with van der Waals surface area (Å²) in [6.45, 7) is -0.104. The summed E-state index contributed by atoms with van der Waals surface area (Å²) in [7, 11) is 4.88. The fraction of sp³-hybridized carbons (Fsp3) is 0.300. The minimum absolute atomic E-state index is 0.0888. The van der Waals surface area contributed by atoms with E-state index < -0.39 is 17.8 Å². The zero-order valence-corrected chi connectivity index (χ0v) is 16.2. The molecule has 0 aliphatic heterocycles. The topological polar surface area (TPSA) is 61.2 Å². The highest BCUT2D eigenvalue weighted by atomic mass is 19.4. The minimum atomic E-state index is -4.48. The molecule has 3 aromatic rings. The van der Waals surface area contributed by atoms with Gasteiger partial charge in [0.15, 0.2) is 0 Å². The normalized spacial score (nSPS) is 12.6. The van der Waals surface area contributed by atoms with Gasteiger partial charge in [-0.1, -0.05) is 0 Å². The second-order valence-electron chi connectivity index (χ2n) is 6.35. The molecule has 2 heterocycles. The largest absolute Gasteiger partial charge is 0.497 e. The molecule has 0 aliphatic carbocycles. The standard InChI is InChI=1S/C20H21F3N4O2/c1-27-8-7-25-19(27)18(13-9-14(28-2)11-15(10-13)29-3)26-12-17-16(20(21,22)23)5-4-6-24-17/h4-11,18,26H,12H2,1-3H3. The van der Waals surface area contributed by atoms with Gasteiger partial charge in [0, 0.05) is 38.2 Å². The van der Waals surface area contributed by atoms with Gasteiger partial charge in [-0.05, 0) is 29.8 Å². The first-order valence-electron chi connectivity index (χ1n) is 8.78. The first-order chi connectivity index (χ1) is 13.8. The maximum Gasteiger partial charge on any atom is 0.418 e. The first kappa shape index (κ1) is 20.7. The van der Waals surface area contributed by atoms with Crippen LogP contribution in [0.2, 0.25) is 0 Å². The van der Waals surface area contributed by atoms with Crippen LogP contribution in [-0.4, -0.2) is 28.8 Å². The molecule has 0 saturated heterocycles. The molecule has 0 fully saturated rings. The molecule has 9 heteroatoms. The van der Waals surface area contributed by atoms with Crippen LogP contribution >= 0.6 is 0 Å². The van der Waals surface area contributed by atoms with Crippen LogP contribution in [0.1, 0.15) is 28.7 Å². The van der Waals surface area contributed by atoms with E-state index in [0.29, 0.717) is 17.3 Å². The summed E-state index contributed by atoms with van der Waals surface area (Å²) in [6, 6.07) is 7.08. The number of hydrogen-bond acceptors (Lipinski definition) is 5. The zero-order chi connectivity index (χ0) is 21.0. The van der Waals surface area contributed by atoms with Crippen molar-refractivity contribution < 1.29 is 22.6 Å². The van der Waals surface area contributed by atoms with Crippen molar-refractivity contribution in [3.63, 3.8) is 0 Å². The Morgan fingerprint density at radius 2 is 1.76 bits per heavy atom. The summed E-state index contributed by atoms with van der Waals surface area (Å²) in [5.41, 5.74) is -0.122. The summed E-state index contributed by atoms with van der Waals surface area (Å²) in [5, 5.41) is 3.15. The van der Waals surface area contributed by atoms with E-state index in [9.17, 15) is 13.2 Å². The molecule has 3 rings (SSSR count). The summed E-state index contributed by atoms with van der Waals surface area (Å²) in [5.74, 6) is 1.76. The van der Waals surface area contributed by atoms with Gasteiger partial charge < -0.3 is 14.0 Å². The molecule has 1 unspecified atom stereocenters. The molecule has 0 aliphatic rings. The van der Waals surface area contributed by atoms with Crippen LogP contribution in [0.5, 0.6) is 11.5 Å². The average Bonchev–Trinajstić information content (AvgIpc) is 3.13. The number of halogens is 3. The molecule has 0 spiro atoms. The number of imidazole rings is 1. The lowest BCUT2D eigenvalue weighted by Crippen LogP contribution is -2.26. The summed E-state index contributed by atoms with van der Waals surface area (Å²) < 4.78 is 52.4. The quantitative estimate of drug-likeness (QED) is 0.648. The van der Waals surface area contributed by atoms with Gasteiger partial charge in [0.2, 0.25) is 0 Å². The van der Waals surface area contributed by atoms with E-state index in [4.69, 9.17) is 9.47 Å². The molecule has 154 valence electrons. The van der Waals surface area contributed by atoms with Crippen molar-refractivity contribution >= 4 is 0 Å². The number of nitrogens with zero attached hydrogens (tertiary/aromatic N) is 3. The number of aromatic nitrogens is 3. The molecule has 0 amide bonds. The monoisotopic (exact) mass is 406 g/mol. The van der Waals surface area contributed by atoms with Gasteiger partial charge in [0.05, 0.1) is 31.5 Å². The van der Waals surface area contributed by atoms with E-state index in [2.05, 4.69) is 15.3 Å². The number of pyridine rings is 1. The van der Waals surface area contributed by atoms with Crippen molar-refractivity contribution in [2.24, 2.45) is 7.05 Å². The molecule has 6 nitrogen and oxygen atoms in total. The van der Waals surface area contributed by atoms with Gasteiger partial charge in [-0.2, -0.15) is 13.2 Å². The van der Waals surface area contributed by atoms with Crippen LogP contribution in [-0.2, 0) is 19.8 Å². The Morgan fingerprint density at radius 3 is 2.31 bits per heavy atom. The number of methoxy groups -OCH3 is 2. The number of alkyl halides is 3. The van der Waals surface area contributed by atoms with E-state index in [-0.39, 0.29) is 12.2 Å². The lowest BCUT2D eigenvalue weighted by molar-refractivity contribution is -0.138. The molecule has 0 radical (unpaired) electrons. The van der Waals surface area contributed by atoms with Crippen LogP contribution in [0.25, 0.3) is 0 Å². The Hall–Kier alpha value is -3.07. The molecule has 0 saturated carbocycles. The Bertz CT molecular complexity index is 950. The van der Waals surface area contributed by atoms with Crippen molar-refractivity contribution in [2.75, 3.05) is 14.2 Å². The van der Waals surface area contributed by atoms with Crippen LogP contribution in [0.15, 0.2) is 48.9 Å². The number of hydrogen-bond donors (Lipinski definition) is 1. The molecule has 29 heavy (non-hydrogen) atoms. The summed E-state index contributed by atoms with van der Waals surface area (Å²) in [4.78, 5) is 8.29. The molecular weight excluding hydrogens is 385 g/mol. The van der Waals surface area contributed by atoms with Crippen molar-refractivity contribution in [2.45, 2.75) is 18.8 Å². The van der Waals surface area contributed by atoms with E-state index in [1.54, 1.807) is 35.2 Å². The number of aryl methyl sites for hydroxylation is 1. The van der Waals surface area contributed by atoms with Crippen LogP contribution in [0.3, 0.4) is 0 Å². The van der Waals surface area contributed by atoms with Crippen LogP contribution < -0.4 is 14.8 Å². The molecule has 1 atom stereocenters. The molecule has 0 bridgehead atoms. The minimum Gasteiger partial charge on any atom is -0.497 e. The predicted octanol–water partition coefficient (Wildman–Crippen LogP) is 3.73. The number of benzene rings is 1. The van der Waals surface area contributed by atoms with Gasteiger partial charge in [0.25, 0.3) is 0 Å². The predicted molar refractivity (Wildman–Crippen MR) is 101 cm³/mol. The van der Waals surface area contributed by atoms with Gasteiger partial charge in [-0.15, -0.1) is 0 Å². The van der Waals surface area contributed by atoms with Gasteiger partial charge in [-0.3, -0.25) is 10.3 Å².